The van der Waals surface area contributed by atoms with Gasteiger partial charge < -0.3 is 20.1 Å². The second-order valence-electron chi connectivity index (χ2n) is 9.09. The highest BCUT2D eigenvalue weighted by molar-refractivity contribution is 7.88. The first-order valence-electron chi connectivity index (χ1n) is 11.5. The average molecular weight is 504 g/mol. The zero-order chi connectivity index (χ0) is 25.8. The van der Waals surface area contributed by atoms with E-state index in [1.54, 1.807) is 30.0 Å². The van der Waals surface area contributed by atoms with E-state index in [1.807, 2.05) is 37.3 Å². The maximum absolute atomic E-state index is 13.5. The molecule has 1 aliphatic heterocycles. The van der Waals surface area contributed by atoms with Crippen LogP contribution in [0.25, 0.3) is 0 Å². The van der Waals surface area contributed by atoms with Crippen LogP contribution in [-0.4, -0.2) is 79.7 Å². The lowest BCUT2D eigenvalue weighted by molar-refractivity contribution is -0.115. The molecule has 1 heterocycles. The summed E-state index contributed by atoms with van der Waals surface area (Å²) in [5.41, 5.74) is 1.55. The number of anilines is 1. The molecular weight excluding hydrogens is 470 g/mol. The molecule has 0 aliphatic carbocycles. The van der Waals surface area contributed by atoms with Crippen molar-refractivity contribution in [1.82, 2.24) is 9.21 Å². The maximum Gasteiger partial charge on any atom is 0.258 e. The van der Waals surface area contributed by atoms with Crippen molar-refractivity contribution in [3.8, 4) is 5.75 Å². The summed E-state index contributed by atoms with van der Waals surface area (Å²) < 4.78 is 31.4. The van der Waals surface area contributed by atoms with Crippen molar-refractivity contribution in [2.45, 2.75) is 32.4 Å². The summed E-state index contributed by atoms with van der Waals surface area (Å²) >= 11 is 0. The van der Waals surface area contributed by atoms with Gasteiger partial charge in [0.25, 0.3) is 5.91 Å². The van der Waals surface area contributed by atoms with Crippen molar-refractivity contribution in [2.75, 3.05) is 38.3 Å². The second kappa shape index (κ2) is 11.2. The second-order valence-corrected chi connectivity index (χ2v) is 11.2. The first-order valence-corrected chi connectivity index (χ1v) is 13.3. The van der Waals surface area contributed by atoms with Gasteiger partial charge in [-0.15, -0.1) is 0 Å². The Morgan fingerprint density at radius 1 is 1.26 bits per heavy atom. The molecule has 3 atom stereocenters. The number of nitrogens with one attached hydrogen (secondary N) is 1. The van der Waals surface area contributed by atoms with Crippen molar-refractivity contribution in [3.63, 3.8) is 0 Å². The van der Waals surface area contributed by atoms with Crippen LogP contribution in [0.15, 0.2) is 48.5 Å². The smallest absolute Gasteiger partial charge is 0.258 e. The topological polar surface area (TPSA) is 116 Å². The van der Waals surface area contributed by atoms with Gasteiger partial charge in [0, 0.05) is 25.2 Å². The lowest BCUT2D eigenvalue weighted by Gasteiger charge is -2.38. The fourth-order valence-corrected chi connectivity index (χ4v) is 4.31. The number of hydrogen-bond acceptors (Lipinski definition) is 6. The Morgan fingerprint density at radius 3 is 2.57 bits per heavy atom. The highest BCUT2D eigenvalue weighted by Crippen LogP contribution is 2.31. The Balaban J connectivity index is 1.91. The molecule has 10 heteroatoms. The summed E-state index contributed by atoms with van der Waals surface area (Å²) in [7, 11) is -1.95. The summed E-state index contributed by atoms with van der Waals surface area (Å²) in [4.78, 5) is 27.6. The molecule has 0 spiro atoms. The number of amides is 2. The molecule has 0 aromatic heterocycles. The minimum absolute atomic E-state index is 0.102. The third kappa shape index (κ3) is 6.81. The molecule has 35 heavy (non-hydrogen) atoms. The number of nitrogens with zero attached hydrogens (tertiary/aromatic N) is 2. The normalized spacial score (nSPS) is 19.4. The molecule has 190 valence electrons. The fraction of sp³-hybridized carbons (Fsp3) is 0.440. The fourth-order valence-electron chi connectivity index (χ4n) is 3.89. The number of aliphatic hydroxyl groups is 1. The number of fused-ring (bicyclic) bond motifs is 1. The highest BCUT2D eigenvalue weighted by atomic mass is 32.2. The first kappa shape index (κ1) is 26.7. The standard InChI is InChI=1S/C25H33N3O6S/c1-17-14-28(18(2)16-29)25(31)21-13-20(26-24(30)12-19-8-6-5-7-9-19)10-11-22(21)34-23(17)15-27(3)35(4,32)33/h5-11,13,17-18,23,29H,12,14-16H2,1-4H3,(H,26,30)/t17-,18-,23+/m0/s1. The van der Waals surface area contributed by atoms with E-state index in [0.29, 0.717) is 11.4 Å². The molecule has 0 saturated heterocycles. The summed E-state index contributed by atoms with van der Waals surface area (Å²) in [6.07, 6.45) is 0.782. The Morgan fingerprint density at radius 2 is 1.94 bits per heavy atom. The zero-order valence-electron chi connectivity index (χ0n) is 20.5. The van der Waals surface area contributed by atoms with E-state index in [9.17, 15) is 23.1 Å². The van der Waals surface area contributed by atoms with Crippen LogP contribution in [0.1, 0.15) is 29.8 Å². The van der Waals surface area contributed by atoms with Crippen LogP contribution >= 0.6 is 0 Å². The summed E-state index contributed by atoms with van der Waals surface area (Å²) in [5.74, 6) is -0.472. The van der Waals surface area contributed by atoms with Crippen molar-refractivity contribution in [2.24, 2.45) is 5.92 Å². The van der Waals surface area contributed by atoms with Gasteiger partial charge in [0.05, 0.1) is 37.4 Å². The quantitative estimate of drug-likeness (QED) is 0.569. The monoisotopic (exact) mass is 503 g/mol. The van der Waals surface area contributed by atoms with Crippen LogP contribution in [0.2, 0.25) is 0 Å². The maximum atomic E-state index is 13.5. The van der Waals surface area contributed by atoms with Gasteiger partial charge in [0.15, 0.2) is 0 Å². The number of likely N-dealkylation sites (N-methyl/N-ethyl adjacent to an activating group) is 1. The van der Waals surface area contributed by atoms with Crippen LogP contribution in [0.5, 0.6) is 5.75 Å². The Kier molecular flexibility index (Phi) is 8.52. The van der Waals surface area contributed by atoms with Crippen molar-refractivity contribution in [1.29, 1.82) is 0 Å². The lowest BCUT2D eigenvalue weighted by Crippen LogP contribution is -2.50. The summed E-state index contributed by atoms with van der Waals surface area (Å²) in [5, 5.41) is 12.6. The first-order chi connectivity index (χ1) is 16.5. The predicted octanol–water partition coefficient (Wildman–Crippen LogP) is 1.98. The number of benzene rings is 2. The van der Waals surface area contributed by atoms with E-state index in [0.717, 1.165) is 11.8 Å². The molecule has 0 bridgehead atoms. The molecule has 0 unspecified atom stereocenters. The predicted molar refractivity (Wildman–Crippen MR) is 134 cm³/mol. The average Bonchev–Trinajstić information content (AvgIpc) is 2.81. The molecule has 1 aliphatic rings. The van der Waals surface area contributed by atoms with Crippen LogP contribution in [0, 0.1) is 5.92 Å². The largest absolute Gasteiger partial charge is 0.488 e. The third-order valence-corrected chi connectivity index (χ3v) is 7.44. The summed E-state index contributed by atoms with van der Waals surface area (Å²) in [6.45, 7) is 3.78. The number of sulfonamides is 1. The Labute approximate surface area is 206 Å². The van der Waals surface area contributed by atoms with Gasteiger partial charge in [-0.1, -0.05) is 37.3 Å². The third-order valence-electron chi connectivity index (χ3n) is 6.16. The number of ether oxygens (including phenoxy) is 1. The Bertz CT molecular complexity index is 1160. The molecule has 2 N–H and O–H groups in total. The molecule has 9 nitrogen and oxygen atoms in total. The van der Waals surface area contributed by atoms with Crippen molar-refractivity contribution < 1.29 is 27.9 Å². The molecule has 0 radical (unpaired) electrons. The number of rotatable bonds is 8. The molecule has 2 aromatic carbocycles. The minimum Gasteiger partial charge on any atom is -0.488 e. The minimum atomic E-state index is -3.43. The molecule has 0 fully saturated rings. The van der Waals surface area contributed by atoms with E-state index in [2.05, 4.69) is 5.32 Å². The molecule has 2 aromatic rings. The number of aliphatic hydroxyl groups excluding tert-OH is 1. The van der Waals surface area contributed by atoms with Gasteiger partial charge in [-0.25, -0.2) is 12.7 Å². The number of carbonyl (C=O) groups excluding carboxylic acids is 2. The molecule has 3 rings (SSSR count). The molecular formula is C25H33N3O6S. The van der Waals surface area contributed by atoms with Gasteiger partial charge in [-0.2, -0.15) is 0 Å². The van der Waals surface area contributed by atoms with Gasteiger partial charge in [-0.05, 0) is 30.7 Å². The van der Waals surface area contributed by atoms with Gasteiger partial charge in [0.1, 0.15) is 11.9 Å². The SMILES string of the molecule is C[C@H]1CN([C@@H](C)CO)C(=O)c2cc(NC(=O)Cc3ccccc3)ccc2O[C@@H]1CN(C)S(C)(=O)=O. The number of hydrogen-bond donors (Lipinski definition) is 2. The number of carbonyl (C=O) groups is 2. The van der Waals surface area contributed by atoms with Gasteiger partial charge >= 0.3 is 0 Å². The van der Waals surface area contributed by atoms with Gasteiger partial charge in [-0.3, -0.25) is 9.59 Å². The molecule has 0 saturated carbocycles. The van der Waals surface area contributed by atoms with Crippen LogP contribution in [-0.2, 0) is 21.2 Å². The molecule has 2 amide bonds. The summed E-state index contributed by atoms with van der Waals surface area (Å²) in [6, 6.07) is 13.7. The van der Waals surface area contributed by atoms with Crippen LogP contribution < -0.4 is 10.1 Å². The zero-order valence-corrected chi connectivity index (χ0v) is 21.3. The van der Waals surface area contributed by atoms with E-state index >= 15 is 0 Å². The van der Waals surface area contributed by atoms with Crippen LogP contribution in [0.4, 0.5) is 5.69 Å². The van der Waals surface area contributed by atoms with E-state index < -0.39 is 22.2 Å². The van der Waals surface area contributed by atoms with Crippen molar-refractivity contribution >= 4 is 27.5 Å². The van der Waals surface area contributed by atoms with Gasteiger partial charge in [0.2, 0.25) is 15.9 Å². The highest BCUT2D eigenvalue weighted by Gasteiger charge is 2.34. The van der Waals surface area contributed by atoms with Crippen LogP contribution in [0.3, 0.4) is 0 Å². The van der Waals surface area contributed by atoms with E-state index in [4.69, 9.17) is 4.74 Å². The lowest BCUT2D eigenvalue weighted by atomic mass is 9.99. The van der Waals surface area contributed by atoms with E-state index in [-0.39, 0.29) is 49.4 Å². The van der Waals surface area contributed by atoms with Crippen molar-refractivity contribution in [3.05, 3.63) is 59.7 Å². The Hall–Kier alpha value is -2.95. The van der Waals surface area contributed by atoms with E-state index in [1.165, 1.54) is 11.4 Å².